The topological polar surface area (TPSA) is 46.5 Å². The van der Waals surface area contributed by atoms with Gasteiger partial charge in [-0.1, -0.05) is 12.2 Å². The van der Waals surface area contributed by atoms with Crippen LogP contribution in [0.2, 0.25) is 0 Å². The molecule has 0 saturated heterocycles. The Hall–Kier alpha value is -1.63. The lowest BCUT2D eigenvalue weighted by molar-refractivity contribution is -0.274. The van der Waals surface area contributed by atoms with Crippen molar-refractivity contribution in [2.24, 2.45) is 0 Å². The molecule has 0 fully saturated rings. The van der Waals surface area contributed by atoms with E-state index >= 15 is 0 Å². The maximum Gasteiger partial charge on any atom is 0.573 e. The summed E-state index contributed by atoms with van der Waals surface area (Å²) in [7, 11) is 0. The summed E-state index contributed by atoms with van der Waals surface area (Å²) in [4.78, 5) is 10.8. The number of hydrogen-bond donors (Lipinski definition) is 2. The summed E-state index contributed by atoms with van der Waals surface area (Å²) >= 11 is 3.98. The fourth-order valence-electron chi connectivity index (χ4n) is 1.33. The highest BCUT2D eigenvalue weighted by atomic mass is 32.1. The summed E-state index contributed by atoms with van der Waals surface area (Å²) in [5.41, 5.74) is 0.0493. The van der Waals surface area contributed by atoms with Crippen LogP contribution in [-0.2, 0) is 0 Å². The first-order valence-corrected chi connectivity index (χ1v) is 5.86. The molecule has 104 valence electrons. The van der Waals surface area contributed by atoms with Gasteiger partial charge in [-0.3, -0.25) is 0 Å². The molecule has 1 N–H and O–H groups in total. The van der Waals surface area contributed by atoms with Crippen LogP contribution in [0.1, 0.15) is 22.3 Å². The zero-order valence-corrected chi connectivity index (χ0v) is 10.5. The van der Waals surface area contributed by atoms with Crippen molar-refractivity contribution in [1.82, 2.24) is 0 Å². The van der Waals surface area contributed by atoms with E-state index in [1.54, 1.807) is 6.08 Å². The zero-order valence-electron chi connectivity index (χ0n) is 9.65. The Morgan fingerprint density at radius 2 is 2.05 bits per heavy atom. The van der Waals surface area contributed by atoms with Crippen LogP contribution in [0.15, 0.2) is 24.3 Å². The van der Waals surface area contributed by atoms with Gasteiger partial charge in [0.05, 0.1) is 5.56 Å². The number of rotatable bonds is 5. The molecule has 1 aromatic rings. The normalized spacial score (nSPS) is 11.8. The third kappa shape index (κ3) is 5.69. The Labute approximate surface area is 113 Å². The van der Waals surface area contributed by atoms with Crippen LogP contribution in [0.3, 0.4) is 0 Å². The predicted molar refractivity (Wildman–Crippen MR) is 67.6 cm³/mol. The van der Waals surface area contributed by atoms with Gasteiger partial charge in [0.15, 0.2) is 0 Å². The maximum atomic E-state index is 12.1. The van der Waals surface area contributed by atoms with Crippen LogP contribution in [0.25, 0.3) is 6.08 Å². The van der Waals surface area contributed by atoms with Gasteiger partial charge in [0, 0.05) is 0 Å². The lowest BCUT2D eigenvalue weighted by atomic mass is 10.1. The summed E-state index contributed by atoms with van der Waals surface area (Å²) in [5.74, 6) is -1.30. The van der Waals surface area contributed by atoms with Gasteiger partial charge in [-0.15, -0.1) is 13.2 Å². The second-order valence-electron chi connectivity index (χ2n) is 3.56. The van der Waals surface area contributed by atoms with Gasteiger partial charge in [-0.25, -0.2) is 4.79 Å². The molecule has 0 aliphatic heterocycles. The molecule has 0 amide bonds. The first-order chi connectivity index (χ1) is 8.81. The maximum absolute atomic E-state index is 12.1. The molecule has 0 atom stereocenters. The van der Waals surface area contributed by atoms with E-state index in [1.807, 2.05) is 0 Å². The van der Waals surface area contributed by atoms with E-state index in [4.69, 9.17) is 5.11 Å². The number of carbonyl (C=O) groups is 1. The number of hydrogen-bond acceptors (Lipinski definition) is 3. The van der Waals surface area contributed by atoms with Gasteiger partial charge in [-0.05, 0) is 35.9 Å². The summed E-state index contributed by atoms with van der Waals surface area (Å²) < 4.78 is 40.1. The molecule has 0 spiro atoms. The Kier molecular flexibility index (Phi) is 5.29. The number of thiol groups is 1. The molecule has 1 aromatic carbocycles. The highest BCUT2D eigenvalue weighted by molar-refractivity contribution is 7.80. The Balaban J connectivity index is 3.07. The quantitative estimate of drug-likeness (QED) is 0.815. The fourth-order valence-corrected chi connectivity index (χ4v) is 1.48. The molecule has 1 rings (SSSR count). The number of ether oxygens (including phenoxy) is 1. The van der Waals surface area contributed by atoms with Crippen LogP contribution in [0.5, 0.6) is 5.75 Å². The molecule has 19 heavy (non-hydrogen) atoms. The molecule has 0 aliphatic carbocycles. The number of carboxylic acid groups (broad SMARTS) is 1. The summed E-state index contributed by atoms with van der Waals surface area (Å²) in [6.45, 7) is 0. The van der Waals surface area contributed by atoms with E-state index in [0.29, 0.717) is 17.7 Å². The first-order valence-electron chi connectivity index (χ1n) is 5.23. The highest BCUT2D eigenvalue weighted by Gasteiger charge is 2.31. The zero-order chi connectivity index (χ0) is 14.5. The molecule has 0 aliphatic rings. The molecule has 0 radical (unpaired) electrons. The SMILES string of the molecule is O=C(O)c1cc(C=CCCS)cc(OC(F)(F)F)c1. The average Bonchev–Trinajstić information content (AvgIpc) is 2.26. The van der Waals surface area contributed by atoms with E-state index in [-0.39, 0.29) is 5.56 Å². The summed E-state index contributed by atoms with van der Waals surface area (Å²) in [6, 6.07) is 3.21. The lowest BCUT2D eigenvalue weighted by Gasteiger charge is -2.10. The molecular formula is C12H11F3O3S. The van der Waals surface area contributed by atoms with Gasteiger partial charge >= 0.3 is 12.3 Å². The predicted octanol–water partition coefficient (Wildman–Crippen LogP) is 3.62. The molecule has 0 aromatic heterocycles. The van der Waals surface area contributed by atoms with Crippen molar-refractivity contribution < 1.29 is 27.8 Å². The van der Waals surface area contributed by atoms with Crippen LogP contribution < -0.4 is 4.74 Å². The van der Waals surface area contributed by atoms with Gasteiger partial charge in [0.2, 0.25) is 0 Å². The van der Waals surface area contributed by atoms with Crippen molar-refractivity contribution in [3.8, 4) is 5.75 Å². The van der Waals surface area contributed by atoms with Crippen molar-refractivity contribution in [1.29, 1.82) is 0 Å². The third-order valence-corrected chi connectivity index (χ3v) is 2.27. The molecule has 7 heteroatoms. The van der Waals surface area contributed by atoms with Crippen molar-refractivity contribution in [3.63, 3.8) is 0 Å². The summed E-state index contributed by atoms with van der Waals surface area (Å²) in [5, 5.41) is 8.83. The van der Waals surface area contributed by atoms with Crippen molar-refractivity contribution >= 4 is 24.7 Å². The smallest absolute Gasteiger partial charge is 0.478 e. The molecule has 0 heterocycles. The van der Waals surface area contributed by atoms with Gasteiger partial charge < -0.3 is 9.84 Å². The molecule has 0 saturated carbocycles. The van der Waals surface area contributed by atoms with Crippen LogP contribution in [-0.4, -0.2) is 23.2 Å². The Morgan fingerprint density at radius 1 is 1.37 bits per heavy atom. The highest BCUT2D eigenvalue weighted by Crippen LogP contribution is 2.25. The average molecular weight is 292 g/mol. The standard InChI is InChI=1S/C12H11F3O3S/c13-12(14,15)18-10-6-8(3-1-2-4-19)5-9(7-10)11(16)17/h1,3,5-7,19H,2,4H2,(H,16,17). The van der Waals surface area contributed by atoms with E-state index in [2.05, 4.69) is 17.4 Å². The van der Waals surface area contributed by atoms with E-state index < -0.39 is 18.1 Å². The molecule has 0 unspecified atom stereocenters. The van der Waals surface area contributed by atoms with Crippen molar-refractivity contribution in [3.05, 3.63) is 35.4 Å². The molecule has 0 bridgehead atoms. The van der Waals surface area contributed by atoms with Gasteiger partial charge in [-0.2, -0.15) is 12.6 Å². The number of allylic oxidation sites excluding steroid dienone is 1. The minimum absolute atomic E-state index is 0.271. The van der Waals surface area contributed by atoms with E-state index in [1.165, 1.54) is 12.1 Å². The lowest BCUT2D eigenvalue weighted by Crippen LogP contribution is -2.17. The largest absolute Gasteiger partial charge is 0.573 e. The minimum Gasteiger partial charge on any atom is -0.478 e. The fraction of sp³-hybridized carbons (Fsp3) is 0.250. The number of carboxylic acids is 1. The number of halogens is 3. The van der Waals surface area contributed by atoms with Crippen molar-refractivity contribution in [2.75, 3.05) is 5.75 Å². The van der Waals surface area contributed by atoms with Gasteiger partial charge in [0.25, 0.3) is 0 Å². The van der Waals surface area contributed by atoms with E-state index in [9.17, 15) is 18.0 Å². The molecular weight excluding hydrogens is 281 g/mol. The molecule has 3 nitrogen and oxygen atoms in total. The van der Waals surface area contributed by atoms with Crippen LogP contribution in [0, 0.1) is 0 Å². The van der Waals surface area contributed by atoms with Crippen LogP contribution >= 0.6 is 12.6 Å². The summed E-state index contributed by atoms with van der Waals surface area (Å²) in [6.07, 6.45) is -1.03. The van der Waals surface area contributed by atoms with E-state index in [0.717, 1.165) is 12.1 Å². The third-order valence-electron chi connectivity index (χ3n) is 2.02. The Morgan fingerprint density at radius 3 is 2.58 bits per heavy atom. The Bertz CT molecular complexity index is 484. The number of aromatic carboxylic acids is 1. The number of alkyl halides is 3. The van der Waals surface area contributed by atoms with Crippen LogP contribution in [0.4, 0.5) is 13.2 Å². The van der Waals surface area contributed by atoms with Gasteiger partial charge in [0.1, 0.15) is 5.75 Å². The first kappa shape index (κ1) is 15.4. The number of benzene rings is 1. The second-order valence-corrected chi connectivity index (χ2v) is 4.01. The second kappa shape index (κ2) is 6.51. The minimum atomic E-state index is -4.86. The monoisotopic (exact) mass is 292 g/mol. The van der Waals surface area contributed by atoms with Crippen molar-refractivity contribution in [2.45, 2.75) is 12.8 Å².